The molecule has 3 rings (SSSR count). The first-order valence-corrected chi connectivity index (χ1v) is 10.2. The van der Waals surface area contributed by atoms with Crippen LogP contribution in [0.25, 0.3) is 0 Å². The van der Waals surface area contributed by atoms with Crippen molar-refractivity contribution in [2.45, 2.75) is 42.5 Å². The molecule has 2 aliphatic heterocycles. The number of esters is 1. The summed E-state index contributed by atoms with van der Waals surface area (Å²) in [7, 11) is 0. The number of benzene rings is 1. The molecule has 0 aliphatic carbocycles. The van der Waals surface area contributed by atoms with Crippen molar-refractivity contribution in [3.8, 4) is 5.40 Å². The largest absolute Gasteiger partial charge is 0.454 e. The van der Waals surface area contributed by atoms with E-state index in [4.69, 9.17) is 10.00 Å². The van der Waals surface area contributed by atoms with Crippen LogP contribution in [0, 0.1) is 17.6 Å². The first-order chi connectivity index (χ1) is 12.8. The van der Waals surface area contributed by atoms with Gasteiger partial charge in [0.1, 0.15) is 11.4 Å². The van der Waals surface area contributed by atoms with Gasteiger partial charge in [0.25, 0.3) is 5.91 Å². The second-order valence-corrected chi connectivity index (χ2v) is 8.95. The van der Waals surface area contributed by atoms with Crippen LogP contribution in [0.4, 0.5) is 5.69 Å². The van der Waals surface area contributed by atoms with Crippen LogP contribution in [0.5, 0.6) is 0 Å². The number of nitriles is 1. The molecular formula is C18H19N3O4S2. The van der Waals surface area contributed by atoms with Crippen molar-refractivity contribution in [3.05, 3.63) is 23.8 Å². The molecule has 9 heteroatoms. The predicted molar refractivity (Wildman–Crippen MR) is 103 cm³/mol. The number of thioether (sulfide) groups is 2. The average Bonchev–Trinajstić information content (AvgIpc) is 3.12. The quantitative estimate of drug-likeness (QED) is 0.456. The summed E-state index contributed by atoms with van der Waals surface area (Å²) in [4.78, 5) is 38.6. The smallest absolute Gasteiger partial charge is 0.330 e. The van der Waals surface area contributed by atoms with E-state index < -0.39 is 24.5 Å². The molecule has 27 heavy (non-hydrogen) atoms. The summed E-state index contributed by atoms with van der Waals surface area (Å²) in [6.07, 6.45) is 1.16. The van der Waals surface area contributed by atoms with Crippen molar-refractivity contribution in [1.29, 1.82) is 5.26 Å². The van der Waals surface area contributed by atoms with Gasteiger partial charge in [-0.25, -0.2) is 4.79 Å². The van der Waals surface area contributed by atoms with Crippen LogP contribution in [0.1, 0.15) is 25.3 Å². The number of hydrogen-bond acceptors (Lipinski definition) is 7. The molecule has 1 N–H and O–H groups in total. The molecule has 2 fully saturated rings. The summed E-state index contributed by atoms with van der Waals surface area (Å²) < 4.78 is 5.16. The van der Waals surface area contributed by atoms with Crippen molar-refractivity contribution in [2.24, 2.45) is 0 Å². The molecule has 0 unspecified atom stereocenters. The summed E-state index contributed by atoms with van der Waals surface area (Å²) >= 11 is 2.62. The standard InChI is InChI=1S/C18H19N3O4S2/c1-11-7-12(26-10-19)3-4-13(11)20-15(22)8-25-17(24)14-9-27-18(2)6-5-16(23)21(14)18/h3-4,7,14H,5-6,8-9H2,1-2H3,(H,20,22)/t14-,18+/m0/s1. The van der Waals surface area contributed by atoms with Gasteiger partial charge >= 0.3 is 5.97 Å². The lowest BCUT2D eigenvalue weighted by Gasteiger charge is -2.29. The SMILES string of the molecule is Cc1cc(SC#N)ccc1NC(=O)COC(=O)[C@@H]1CS[C@]2(C)CCC(=O)N12. The zero-order chi connectivity index (χ0) is 19.6. The van der Waals surface area contributed by atoms with E-state index in [0.29, 0.717) is 17.9 Å². The molecule has 0 bridgehead atoms. The fraction of sp³-hybridized carbons (Fsp3) is 0.444. The van der Waals surface area contributed by atoms with Crippen molar-refractivity contribution in [2.75, 3.05) is 17.7 Å². The Morgan fingerprint density at radius 3 is 3.00 bits per heavy atom. The molecule has 2 amide bonds. The summed E-state index contributed by atoms with van der Waals surface area (Å²) in [5.41, 5.74) is 1.40. The van der Waals surface area contributed by atoms with E-state index in [2.05, 4.69) is 5.32 Å². The third kappa shape index (κ3) is 4.06. The fourth-order valence-corrected chi connectivity index (χ4v) is 5.20. The van der Waals surface area contributed by atoms with Crippen LogP contribution in [0.2, 0.25) is 0 Å². The zero-order valence-corrected chi connectivity index (χ0v) is 16.6. The molecular weight excluding hydrogens is 386 g/mol. The van der Waals surface area contributed by atoms with Gasteiger partial charge in [-0.05, 0) is 55.8 Å². The molecule has 2 heterocycles. The molecule has 2 saturated heterocycles. The van der Waals surface area contributed by atoms with Crippen LogP contribution in [0.15, 0.2) is 23.1 Å². The Bertz CT molecular complexity index is 838. The predicted octanol–water partition coefficient (Wildman–Crippen LogP) is 2.50. The average molecular weight is 406 g/mol. The molecule has 2 aliphatic rings. The summed E-state index contributed by atoms with van der Waals surface area (Å²) in [5.74, 6) is -0.554. The molecule has 2 atom stereocenters. The number of thiocyanates is 1. The van der Waals surface area contributed by atoms with E-state index in [1.54, 1.807) is 34.9 Å². The zero-order valence-electron chi connectivity index (χ0n) is 15.0. The third-order valence-corrected chi connectivity index (χ3v) is 6.78. The Labute approximate surface area is 165 Å². The van der Waals surface area contributed by atoms with Crippen LogP contribution in [-0.2, 0) is 19.1 Å². The molecule has 7 nitrogen and oxygen atoms in total. The first kappa shape index (κ1) is 19.6. The Hall–Kier alpha value is -2.18. The van der Waals surface area contributed by atoms with Crippen LogP contribution in [-0.4, -0.2) is 46.0 Å². The Morgan fingerprint density at radius 2 is 2.30 bits per heavy atom. The van der Waals surface area contributed by atoms with E-state index in [1.807, 2.05) is 19.2 Å². The molecule has 0 spiro atoms. The minimum absolute atomic E-state index is 0.0418. The van der Waals surface area contributed by atoms with Gasteiger partial charge in [0.05, 0.1) is 4.87 Å². The lowest BCUT2D eigenvalue weighted by Crippen LogP contribution is -2.47. The van der Waals surface area contributed by atoms with Crippen molar-refractivity contribution < 1.29 is 19.1 Å². The van der Waals surface area contributed by atoms with Crippen LogP contribution in [0.3, 0.4) is 0 Å². The summed E-state index contributed by atoms with van der Waals surface area (Å²) in [6.45, 7) is 3.37. The van der Waals surface area contributed by atoms with Crippen molar-refractivity contribution in [1.82, 2.24) is 4.90 Å². The van der Waals surface area contributed by atoms with E-state index in [1.165, 1.54) is 0 Å². The number of ether oxygens (including phenoxy) is 1. The Balaban J connectivity index is 1.54. The van der Waals surface area contributed by atoms with Crippen molar-refractivity contribution in [3.63, 3.8) is 0 Å². The highest BCUT2D eigenvalue weighted by atomic mass is 32.2. The third-order valence-electron chi connectivity index (χ3n) is 4.70. The van der Waals surface area contributed by atoms with E-state index in [0.717, 1.165) is 28.6 Å². The number of amides is 2. The maximum absolute atomic E-state index is 12.4. The van der Waals surface area contributed by atoms with E-state index in [9.17, 15) is 14.4 Å². The number of aryl methyl sites for hydroxylation is 1. The normalized spacial score (nSPS) is 23.7. The number of anilines is 1. The minimum atomic E-state index is -0.633. The van der Waals surface area contributed by atoms with E-state index in [-0.39, 0.29) is 10.8 Å². The maximum atomic E-state index is 12.4. The van der Waals surface area contributed by atoms with Crippen LogP contribution >= 0.6 is 23.5 Å². The van der Waals surface area contributed by atoms with Gasteiger partial charge in [-0.1, -0.05) is 0 Å². The molecule has 1 aromatic rings. The van der Waals surface area contributed by atoms with E-state index >= 15 is 0 Å². The molecule has 0 radical (unpaired) electrons. The van der Waals surface area contributed by atoms with Gasteiger partial charge in [-0.2, -0.15) is 5.26 Å². The second kappa shape index (κ2) is 7.82. The highest BCUT2D eigenvalue weighted by Gasteiger charge is 2.53. The monoisotopic (exact) mass is 405 g/mol. The Morgan fingerprint density at radius 1 is 1.52 bits per heavy atom. The number of carbonyl (C=O) groups excluding carboxylic acids is 3. The molecule has 0 saturated carbocycles. The molecule has 1 aromatic carbocycles. The van der Waals surface area contributed by atoms with Crippen molar-refractivity contribution >= 4 is 47.0 Å². The summed E-state index contributed by atoms with van der Waals surface area (Å²) in [5, 5.41) is 13.4. The van der Waals surface area contributed by atoms with Gasteiger partial charge in [0, 0.05) is 22.8 Å². The lowest BCUT2D eigenvalue weighted by molar-refractivity contribution is -0.155. The fourth-order valence-electron chi connectivity index (χ4n) is 3.31. The van der Waals surface area contributed by atoms with Gasteiger partial charge in [0.2, 0.25) is 5.91 Å². The van der Waals surface area contributed by atoms with Gasteiger partial charge in [-0.3, -0.25) is 9.59 Å². The minimum Gasteiger partial charge on any atom is -0.454 e. The maximum Gasteiger partial charge on any atom is 0.330 e. The van der Waals surface area contributed by atoms with Gasteiger partial charge in [-0.15, -0.1) is 11.8 Å². The second-order valence-electron chi connectivity index (χ2n) is 6.59. The molecule has 0 aromatic heterocycles. The number of carbonyl (C=O) groups is 3. The summed E-state index contributed by atoms with van der Waals surface area (Å²) in [6, 6.07) is 4.60. The number of fused-ring (bicyclic) bond motifs is 1. The lowest BCUT2D eigenvalue weighted by atomic mass is 10.2. The molecule has 142 valence electrons. The highest BCUT2D eigenvalue weighted by Crippen LogP contribution is 2.47. The Kier molecular flexibility index (Phi) is 5.67. The number of nitrogens with zero attached hydrogens (tertiary/aromatic N) is 2. The first-order valence-electron chi connectivity index (χ1n) is 8.43. The number of nitrogens with one attached hydrogen (secondary N) is 1. The number of hydrogen-bond donors (Lipinski definition) is 1. The number of rotatable bonds is 5. The van der Waals surface area contributed by atoms with Gasteiger partial charge < -0.3 is 15.0 Å². The topological polar surface area (TPSA) is 99.5 Å². The highest BCUT2D eigenvalue weighted by molar-refractivity contribution is 8.03. The van der Waals surface area contributed by atoms with Gasteiger partial charge in [0.15, 0.2) is 6.61 Å². The van der Waals surface area contributed by atoms with Crippen LogP contribution < -0.4 is 5.32 Å².